The molecule has 0 aromatic heterocycles. The second-order valence-corrected chi connectivity index (χ2v) is 4.92. The molecule has 0 bridgehead atoms. The predicted octanol–water partition coefficient (Wildman–Crippen LogP) is 1.58. The molecule has 1 aliphatic heterocycles. The molecule has 20 heavy (non-hydrogen) atoms. The molecule has 2 rings (SSSR count). The van der Waals surface area contributed by atoms with E-state index in [-0.39, 0.29) is 6.42 Å². The zero-order chi connectivity index (χ0) is 14.6. The van der Waals surface area contributed by atoms with E-state index in [1.165, 1.54) is 24.3 Å². The molecule has 6 heteroatoms. The van der Waals surface area contributed by atoms with Crippen LogP contribution in [0.2, 0.25) is 0 Å². The lowest BCUT2D eigenvalue weighted by Crippen LogP contribution is -2.53. The van der Waals surface area contributed by atoms with E-state index in [9.17, 15) is 14.0 Å². The van der Waals surface area contributed by atoms with Gasteiger partial charge >= 0.3 is 5.97 Å². The zero-order valence-electron chi connectivity index (χ0n) is 10.9. The number of halogens is 1. The first kappa shape index (κ1) is 14.5. The van der Waals surface area contributed by atoms with Gasteiger partial charge in [-0.3, -0.25) is 9.59 Å². The Labute approximate surface area is 115 Å². The molecule has 0 radical (unpaired) electrons. The first-order chi connectivity index (χ1) is 9.51. The number of hydrogen-bond donors (Lipinski definition) is 2. The van der Waals surface area contributed by atoms with Crippen LogP contribution in [0.3, 0.4) is 0 Å². The average molecular weight is 281 g/mol. The van der Waals surface area contributed by atoms with Crippen molar-refractivity contribution in [3.63, 3.8) is 0 Å². The normalized spacial score (nSPS) is 17.4. The van der Waals surface area contributed by atoms with E-state index in [0.717, 1.165) is 0 Å². The van der Waals surface area contributed by atoms with Gasteiger partial charge in [-0.2, -0.15) is 0 Å². The van der Waals surface area contributed by atoms with Gasteiger partial charge in [0, 0.05) is 18.8 Å². The Balaban J connectivity index is 2.12. The summed E-state index contributed by atoms with van der Waals surface area (Å²) in [6, 6.07) is 5.14. The molecular weight excluding hydrogens is 265 g/mol. The molecule has 5 nitrogen and oxygen atoms in total. The molecule has 1 aromatic carbocycles. The summed E-state index contributed by atoms with van der Waals surface area (Å²) in [5, 5.41) is 11.8. The lowest BCUT2D eigenvalue weighted by molar-refractivity contribution is -0.139. The highest BCUT2D eigenvalue weighted by Gasteiger charge is 2.36. The second-order valence-electron chi connectivity index (χ2n) is 4.92. The molecule has 0 saturated carbocycles. The highest BCUT2D eigenvalue weighted by Crippen LogP contribution is 2.25. The van der Waals surface area contributed by atoms with E-state index in [1.54, 1.807) is 0 Å². The van der Waals surface area contributed by atoms with Crippen molar-refractivity contribution in [2.24, 2.45) is 0 Å². The smallest absolute Gasteiger partial charge is 0.305 e. The first-order valence-electron chi connectivity index (χ1n) is 6.38. The van der Waals surface area contributed by atoms with Crippen LogP contribution >= 0.6 is 0 Å². The lowest BCUT2D eigenvalue weighted by atomic mass is 9.86. The van der Waals surface area contributed by atoms with E-state index in [2.05, 4.69) is 5.32 Å². The van der Waals surface area contributed by atoms with Crippen LogP contribution < -0.4 is 5.32 Å². The maximum absolute atomic E-state index is 12.8. The van der Waals surface area contributed by atoms with Gasteiger partial charge in [-0.25, -0.2) is 4.39 Å². The molecule has 0 atom stereocenters. The molecule has 2 N–H and O–H groups in total. The summed E-state index contributed by atoms with van der Waals surface area (Å²) in [6.07, 6.45) is 0.752. The molecule has 108 valence electrons. The van der Waals surface area contributed by atoms with Gasteiger partial charge in [0.1, 0.15) is 5.82 Å². The van der Waals surface area contributed by atoms with Crippen LogP contribution in [-0.4, -0.2) is 35.7 Å². The van der Waals surface area contributed by atoms with Crippen molar-refractivity contribution in [1.82, 2.24) is 5.32 Å². The minimum absolute atomic E-state index is 0.150. The number of benzene rings is 1. The lowest BCUT2D eigenvalue weighted by Gasteiger charge is -2.36. The minimum Gasteiger partial charge on any atom is -0.481 e. The van der Waals surface area contributed by atoms with Gasteiger partial charge in [0.15, 0.2) is 0 Å². The number of amides is 1. The Morgan fingerprint density at radius 2 is 1.85 bits per heavy atom. The number of rotatable bonds is 4. The Morgan fingerprint density at radius 3 is 2.40 bits per heavy atom. The molecule has 1 heterocycles. The molecule has 1 saturated heterocycles. The summed E-state index contributed by atoms with van der Waals surface area (Å²) in [5.41, 5.74) is -0.488. The fourth-order valence-electron chi connectivity index (χ4n) is 2.31. The van der Waals surface area contributed by atoms with Crippen molar-refractivity contribution in [3.8, 4) is 0 Å². The number of carboxylic acids is 1. The van der Waals surface area contributed by atoms with Crippen molar-refractivity contribution in [1.29, 1.82) is 0 Å². The average Bonchev–Trinajstić information content (AvgIpc) is 2.39. The van der Waals surface area contributed by atoms with Crippen LogP contribution in [-0.2, 0) is 9.53 Å². The van der Waals surface area contributed by atoms with Crippen molar-refractivity contribution < 1.29 is 23.8 Å². The molecule has 1 aromatic rings. The monoisotopic (exact) mass is 281 g/mol. The van der Waals surface area contributed by atoms with E-state index < -0.39 is 23.2 Å². The number of hydrogen-bond acceptors (Lipinski definition) is 3. The molecular formula is C14H16FNO4. The topological polar surface area (TPSA) is 75.6 Å². The summed E-state index contributed by atoms with van der Waals surface area (Å²) in [6.45, 7) is 0.827. The fourth-order valence-corrected chi connectivity index (χ4v) is 2.31. The fraction of sp³-hybridized carbons (Fsp3) is 0.429. The molecule has 1 fully saturated rings. The van der Waals surface area contributed by atoms with Gasteiger partial charge in [0.05, 0.1) is 12.0 Å². The van der Waals surface area contributed by atoms with Gasteiger partial charge in [-0.1, -0.05) is 0 Å². The van der Waals surface area contributed by atoms with Gasteiger partial charge in [-0.15, -0.1) is 0 Å². The van der Waals surface area contributed by atoms with Crippen LogP contribution in [0.15, 0.2) is 24.3 Å². The highest BCUT2D eigenvalue weighted by atomic mass is 19.1. The minimum atomic E-state index is -0.966. The van der Waals surface area contributed by atoms with Crippen molar-refractivity contribution in [2.45, 2.75) is 24.8 Å². The summed E-state index contributed by atoms with van der Waals surface area (Å²) in [7, 11) is 0. The summed E-state index contributed by atoms with van der Waals surface area (Å²) >= 11 is 0. The Bertz CT molecular complexity index is 494. The zero-order valence-corrected chi connectivity index (χ0v) is 10.9. The number of carboxylic acid groups (broad SMARTS) is 1. The third-order valence-corrected chi connectivity index (χ3v) is 3.42. The van der Waals surface area contributed by atoms with Gasteiger partial charge in [-0.05, 0) is 37.1 Å². The number of nitrogens with one attached hydrogen (secondary N) is 1. The van der Waals surface area contributed by atoms with Crippen LogP contribution in [0.25, 0.3) is 0 Å². The highest BCUT2D eigenvalue weighted by molar-refractivity contribution is 5.95. The SMILES string of the molecule is O=C(O)CC1(NC(=O)c2ccc(F)cc2)CCOCC1. The van der Waals surface area contributed by atoms with E-state index >= 15 is 0 Å². The standard InChI is InChI=1S/C14H16FNO4/c15-11-3-1-10(2-4-11)13(19)16-14(9-12(17)18)5-7-20-8-6-14/h1-4H,5-9H2,(H,16,19)(H,17,18). The van der Waals surface area contributed by atoms with Crippen molar-refractivity contribution in [3.05, 3.63) is 35.6 Å². The number of carbonyl (C=O) groups is 2. The first-order valence-corrected chi connectivity index (χ1v) is 6.38. The second kappa shape index (κ2) is 6.00. The molecule has 0 aliphatic carbocycles. The Morgan fingerprint density at radius 1 is 1.25 bits per heavy atom. The van der Waals surface area contributed by atoms with E-state index in [0.29, 0.717) is 31.6 Å². The van der Waals surface area contributed by atoms with Crippen LogP contribution in [0.1, 0.15) is 29.6 Å². The Hall–Kier alpha value is -1.95. The van der Waals surface area contributed by atoms with Crippen LogP contribution in [0, 0.1) is 5.82 Å². The Kier molecular flexibility index (Phi) is 4.34. The molecule has 0 unspecified atom stereocenters. The predicted molar refractivity (Wildman–Crippen MR) is 68.9 cm³/mol. The van der Waals surface area contributed by atoms with Crippen LogP contribution in [0.5, 0.6) is 0 Å². The summed E-state index contributed by atoms with van der Waals surface area (Å²) in [5.74, 6) is -1.78. The largest absolute Gasteiger partial charge is 0.481 e. The van der Waals surface area contributed by atoms with Crippen molar-refractivity contribution in [2.75, 3.05) is 13.2 Å². The summed E-state index contributed by atoms with van der Waals surface area (Å²) in [4.78, 5) is 23.1. The molecule has 1 amide bonds. The molecule has 0 spiro atoms. The van der Waals surface area contributed by atoms with Gasteiger partial charge in [0.25, 0.3) is 5.91 Å². The maximum Gasteiger partial charge on any atom is 0.305 e. The summed E-state index contributed by atoms with van der Waals surface area (Å²) < 4.78 is 18.0. The van der Waals surface area contributed by atoms with Crippen LogP contribution in [0.4, 0.5) is 4.39 Å². The molecule has 1 aliphatic rings. The maximum atomic E-state index is 12.8. The van der Waals surface area contributed by atoms with Crippen molar-refractivity contribution >= 4 is 11.9 Å². The van der Waals surface area contributed by atoms with Gasteiger partial charge in [0.2, 0.25) is 0 Å². The third-order valence-electron chi connectivity index (χ3n) is 3.42. The van der Waals surface area contributed by atoms with Gasteiger partial charge < -0.3 is 15.2 Å². The number of aliphatic carboxylic acids is 1. The number of carbonyl (C=O) groups excluding carboxylic acids is 1. The third kappa shape index (κ3) is 3.54. The number of ether oxygens (including phenoxy) is 1. The van der Waals surface area contributed by atoms with E-state index in [1.807, 2.05) is 0 Å². The van der Waals surface area contributed by atoms with E-state index in [4.69, 9.17) is 9.84 Å². The quantitative estimate of drug-likeness (QED) is 0.878.